The Balaban J connectivity index is 1.57. The smallest absolute Gasteiger partial charge is 0.326 e. The number of sulfonamides is 1. The summed E-state index contributed by atoms with van der Waals surface area (Å²) in [5.74, 6) is -2.22. The Morgan fingerprint density at radius 1 is 1.07 bits per heavy atom. The van der Waals surface area contributed by atoms with Gasteiger partial charge in [0.25, 0.3) is 0 Å². The van der Waals surface area contributed by atoms with Gasteiger partial charge in [0.05, 0.1) is 4.90 Å². The van der Waals surface area contributed by atoms with E-state index in [0.29, 0.717) is 49.2 Å². The Labute approximate surface area is 232 Å². The highest BCUT2D eigenvalue weighted by atomic mass is 32.2. The number of amides is 2. The molecule has 2 amide bonds. The van der Waals surface area contributed by atoms with E-state index in [2.05, 4.69) is 16.0 Å². The number of rotatable bonds is 13. The minimum atomic E-state index is -3.97. The molecule has 2 aromatic rings. The van der Waals surface area contributed by atoms with E-state index in [-0.39, 0.29) is 36.1 Å². The van der Waals surface area contributed by atoms with Crippen LogP contribution in [0.3, 0.4) is 0 Å². The van der Waals surface area contributed by atoms with E-state index in [9.17, 15) is 27.9 Å². The zero-order valence-electron chi connectivity index (χ0n) is 21.9. The summed E-state index contributed by atoms with van der Waals surface area (Å²) in [6, 6.07) is 9.96. The molecular weight excluding hydrogens is 538 g/mol. The predicted molar refractivity (Wildman–Crippen MR) is 150 cm³/mol. The molecule has 0 aliphatic carbocycles. The Morgan fingerprint density at radius 3 is 2.38 bits per heavy atom. The summed E-state index contributed by atoms with van der Waals surface area (Å²) in [5.41, 5.74) is 12.4. The third-order valence-electron chi connectivity index (χ3n) is 6.43. The number of unbranched alkanes of at least 4 members (excludes halogenated alkanes) is 1. The molecule has 0 aromatic heterocycles. The molecule has 40 heavy (non-hydrogen) atoms. The number of hydrogen-bond acceptors (Lipinski definition) is 7. The van der Waals surface area contributed by atoms with Gasteiger partial charge in [-0.15, -0.1) is 0 Å². The maximum absolute atomic E-state index is 13.1. The molecule has 14 heteroatoms. The summed E-state index contributed by atoms with van der Waals surface area (Å²) in [7, 11) is -3.97. The average Bonchev–Trinajstić information content (AvgIpc) is 3.40. The van der Waals surface area contributed by atoms with Crippen molar-refractivity contribution in [3.05, 3.63) is 54.1 Å². The highest BCUT2D eigenvalue weighted by molar-refractivity contribution is 7.89. The Morgan fingerprint density at radius 2 is 1.75 bits per heavy atom. The van der Waals surface area contributed by atoms with Gasteiger partial charge in [0.2, 0.25) is 21.8 Å². The fourth-order valence-corrected chi connectivity index (χ4v) is 6.01. The highest BCUT2D eigenvalue weighted by Gasteiger charge is 2.40. The summed E-state index contributed by atoms with van der Waals surface area (Å²) >= 11 is 0. The molecule has 1 heterocycles. The van der Waals surface area contributed by atoms with E-state index in [1.165, 1.54) is 24.3 Å². The van der Waals surface area contributed by atoms with Crippen molar-refractivity contribution in [1.82, 2.24) is 14.9 Å². The minimum absolute atomic E-state index is 0.00774. The predicted octanol–water partition coefficient (Wildman–Crippen LogP) is 0.826. The van der Waals surface area contributed by atoms with E-state index < -0.39 is 34.0 Å². The van der Waals surface area contributed by atoms with Crippen LogP contribution in [0.1, 0.15) is 37.7 Å². The lowest BCUT2D eigenvalue weighted by Crippen LogP contribution is -2.51. The Kier molecular flexibility index (Phi) is 10.4. The topological polar surface area (TPSA) is 221 Å². The zero-order chi connectivity index (χ0) is 29.3. The number of aliphatic carboxylic acids is 1. The van der Waals surface area contributed by atoms with Crippen LogP contribution >= 0.6 is 0 Å². The second-order valence-electron chi connectivity index (χ2n) is 9.49. The van der Waals surface area contributed by atoms with Crippen molar-refractivity contribution >= 4 is 45.1 Å². The van der Waals surface area contributed by atoms with E-state index >= 15 is 0 Å². The lowest BCUT2D eigenvalue weighted by Gasteiger charge is -2.25. The quantitative estimate of drug-likeness (QED) is 0.0779. The van der Waals surface area contributed by atoms with E-state index in [1.807, 2.05) is 0 Å². The molecule has 9 N–H and O–H groups in total. The largest absolute Gasteiger partial charge is 0.480 e. The highest BCUT2D eigenvalue weighted by Crippen LogP contribution is 2.27. The van der Waals surface area contributed by atoms with Gasteiger partial charge in [-0.2, -0.15) is 4.31 Å². The molecule has 1 aliphatic rings. The number of carboxylic acids is 1. The Bertz CT molecular complexity index is 1320. The van der Waals surface area contributed by atoms with Crippen LogP contribution in [-0.4, -0.2) is 66.7 Å². The number of carboxylic acid groups (broad SMARTS) is 1. The van der Waals surface area contributed by atoms with Crippen molar-refractivity contribution in [2.75, 3.05) is 24.1 Å². The van der Waals surface area contributed by atoms with Crippen LogP contribution in [0.25, 0.3) is 0 Å². The summed E-state index contributed by atoms with van der Waals surface area (Å²) in [6.07, 6.45) is 2.29. The fraction of sp³-hybridized carbons (Fsp3) is 0.385. The van der Waals surface area contributed by atoms with Gasteiger partial charge in [0.1, 0.15) is 12.1 Å². The van der Waals surface area contributed by atoms with Crippen LogP contribution in [0.15, 0.2) is 53.4 Å². The standard InChI is InChI=1S/C26H35N7O6S/c27-18-8-12-20(13-9-18)40(38,39)33-15-3-4-22(33)24(35)32-21(25(36)37)16-17-6-10-19(11-7-17)31-23(34)5-1-2-14-30-26(28)29/h6-13,21-22H,1-5,14-16,27H2,(H,31,34)(H,32,35)(H,36,37)(H4,28,29,30)/t21-,22-/m0/s1. The monoisotopic (exact) mass is 573 g/mol. The van der Waals surface area contributed by atoms with Gasteiger partial charge in [-0.25, -0.2) is 13.2 Å². The number of carbonyl (C=O) groups is 3. The molecule has 3 rings (SSSR count). The average molecular weight is 574 g/mol. The van der Waals surface area contributed by atoms with Gasteiger partial charge in [0.15, 0.2) is 5.96 Å². The van der Waals surface area contributed by atoms with Crippen LogP contribution in [0, 0.1) is 5.41 Å². The normalized spacial score (nSPS) is 16.1. The second-order valence-corrected chi connectivity index (χ2v) is 11.4. The van der Waals surface area contributed by atoms with Crippen LogP contribution < -0.4 is 27.4 Å². The van der Waals surface area contributed by atoms with Crippen LogP contribution in [0.2, 0.25) is 0 Å². The summed E-state index contributed by atoms with van der Waals surface area (Å²) in [5, 5.41) is 24.8. The van der Waals surface area contributed by atoms with Gasteiger partial charge in [-0.3, -0.25) is 15.0 Å². The third-order valence-corrected chi connectivity index (χ3v) is 8.35. The van der Waals surface area contributed by atoms with Crippen molar-refractivity contribution in [3.8, 4) is 0 Å². The minimum Gasteiger partial charge on any atom is -0.480 e. The maximum Gasteiger partial charge on any atom is 0.326 e. The van der Waals surface area contributed by atoms with Crippen molar-refractivity contribution in [3.63, 3.8) is 0 Å². The molecular formula is C26H35N7O6S. The first-order chi connectivity index (χ1) is 19.0. The maximum atomic E-state index is 13.1. The second kappa shape index (κ2) is 13.8. The number of nitrogens with two attached hydrogens (primary N) is 2. The summed E-state index contributed by atoms with van der Waals surface area (Å²) in [6.45, 7) is 0.654. The molecule has 13 nitrogen and oxygen atoms in total. The first kappa shape index (κ1) is 30.4. The lowest BCUT2D eigenvalue weighted by atomic mass is 10.0. The zero-order valence-corrected chi connectivity index (χ0v) is 22.7. The first-order valence-corrected chi connectivity index (χ1v) is 14.3. The molecule has 2 aromatic carbocycles. The first-order valence-electron chi connectivity index (χ1n) is 12.8. The van der Waals surface area contributed by atoms with Crippen molar-refractivity contribution in [2.45, 2.75) is 55.5 Å². The fourth-order valence-electron chi connectivity index (χ4n) is 4.35. The summed E-state index contributed by atoms with van der Waals surface area (Å²) < 4.78 is 27.4. The summed E-state index contributed by atoms with van der Waals surface area (Å²) in [4.78, 5) is 37.1. The van der Waals surface area contributed by atoms with Gasteiger partial charge >= 0.3 is 5.97 Å². The molecule has 0 unspecified atom stereocenters. The van der Waals surface area contributed by atoms with Crippen molar-refractivity contribution in [2.24, 2.45) is 5.73 Å². The molecule has 0 spiro atoms. The molecule has 1 saturated heterocycles. The number of carbonyl (C=O) groups excluding carboxylic acids is 2. The lowest BCUT2D eigenvalue weighted by molar-refractivity contribution is -0.142. The van der Waals surface area contributed by atoms with E-state index in [0.717, 1.165) is 4.31 Å². The molecule has 1 fully saturated rings. The molecule has 216 valence electrons. The number of nitrogens with zero attached hydrogens (tertiary/aromatic N) is 1. The van der Waals surface area contributed by atoms with Crippen LogP contribution in [-0.2, 0) is 30.8 Å². The Hall–Kier alpha value is -4.17. The van der Waals surface area contributed by atoms with Gasteiger partial charge in [0, 0.05) is 37.3 Å². The van der Waals surface area contributed by atoms with Gasteiger partial charge in [-0.1, -0.05) is 12.1 Å². The van der Waals surface area contributed by atoms with E-state index in [1.54, 1.807) is 24.3 Å². The van der Waals surface area contributed by atoms with Crippen molar-refractivity contribution < 1.29 is 27.9 Å². The van der Waals surface area contributed by atoms with Crippen LogP contribution in [0.5, 0.6) is 0 Å². The molecule has 2 atom stereocenters. The third kappa shape index (κ3) is 8.41. The molecule has 0 radical (unpaired) electrons. The SMILES string of the molecule is N=C(N)NCCCCC(=O)Nc1ccc(C[C@H](NC(=O)[C@@H]2CCCN2S(=O)(=O)c2ccc(N)cc2)C(=O)O)cc1. The molecule has 0 saturated carbocycles. The van der Waals surface area contributed by atoms with Crippen LogP contribution in [0.4, 0.5) is 11.4 Å². The number of nitrogens with one attached hydrogen (secondary N) is 4. The van der Waals surface area contributed by atoms with Gasteiger partial charge < -0.3 is 32.5 Å². The number of anilines is 2. The van der Waals surface area contributed by atoms with Gasteiger partial charge in [-0.05, 0) is 67.6 Å². The number of benzene rings is 2. The number of nitrogen functional groups attached to an aromatic ring is 1. The number of hydrogen-bond donors (Lipinski definition) is 7. The molecule has 0 bridgehead atoms. The van der Waals surface area contributed by atoms with E-state index in [4.69, 9.17) is 16.9 Å². The number of guanidine groups is 1. The van der Waals surface area contributed by atoms with Crippen molar-refractivity contribution in [1.29, 1.82) is 5.41 Å². The molecule has 1 aliphatic heterocycles.